The largest absolute Gasteiger partial charge is 0.478 e. The SMILES string of the molecule is CCCCC[C@@H](O)[C@H]1C[C@@H](c2cc(N)ccc2C(=O)O)[C@@H](CCCC(=O)OCC)O1. The number of aromatic carboxylic acids is 1. The smallest absolute Gasteiger partial charge is 0.335 e. The van der Waals surface area contributed by atoms with Crippen LogP contribution >= 0.6 is 0 Å². The van der Waals surface area contributed by atoms with E-state index >= 15 is 0 Å². The molecule has 1 fully saturated rings. The number of hydrogen-bond acceptors (Lipinski definition) is 6. The van der Waals surface area contributed by atoms with Gasteiger partial charge in [-0.25, -0.2) is 4.79 Å². The van der Waals surface area contributed by atoms with Crippen molar-refractivity contribution in [3.8, 4) is 0 Å². The number of nitrogen functional groups attached to an aromatic ring is 1. The minimum Gasteiger partial charge on any atom is -0.478 e. The summed E-state index contributed by atoms with van der Waals surface area (Å²) in [7, 11) is 0. The van der Waals surface area contributed by atoms with E-state index in [1.807, 2.05) is 0 Å². The normalized spacial score (nSPS) is 22.0. The van der Waals surface area contributed by atoms with E-state index in [2.05, 4.69) is 6.92 Å². The molecule has 0 aromatic heterocycles. The molecule has 30 heavy (non-hydrogen) atoms. The van der Waals surface area contributed by atoms with Gasteiger partial charge < -0.3 is 25.4 Å². The van der Waals surface area contributed by atoms with E-state index in [-0.39, 0.29) is 36.1 Å². The van der Waals surface area contributed by atoms with Gasteiger partial charge in [0.1, 0.15) is 0 Å². The number of esters is 1. The Bertz CT molecular complexity index is 707. The summed E-state index contributed by atoms with van der Waals surface area (Å²) < 4.78 is 11.2. The number of hydrogen-bond donors (Lipinski definition) is 3. The first-order valence-electron chi connectivity index (χ1n) is 11.0. The summed E-state index contributed by atoms with van der Waals surface area (Å²) >= 11 is 0. The van der Waals surface area contributed by atoms with Gasteiger partial charge in [-0.1, -0.05) is 26.2 Å². The topological polar surface area (TPSA) is 119 Å². The van der Waals surface area contributed by atoms with Crippen molar-refractivity contribution in [1.29, 1.82) is 0 Å². The van der Waals surface area contributed by atoms with Crippen LogP contribution in [0, 0.1) is 0 Å². The highest BCUT2D eigenvalue weighted by molar-refractivity contribution is 5.90. The Balaban J connectivity index is 2.17. The third kappa shape index (κ3) is 6.71. The van der Waals surface area contributed by atoms with Crippen molar-refractivity contribution in [1.82, 2.24) is 0 Å². The molecule has 1 aliphatic heterocycles. The number of benzene rings is 1. The van der Waals surface area contributed by atoms with Crippen LogP contribution in [0.1, 0.15) is 87.1 Å². The predicted molar refractivity (Wildman–Crippen MR) is 114 cm³/mol. The van der Waals surface area contributed by atoms with Gasteiger partial charge >= 0.3 is 11.9 Å². The van der Waals surface area contributed by atoms with E-state index in [0.29, 0.717) is 43.5 Å². The van der Waals surface area contributed by atoms with Crippen molar-refractivity contribution in [3.05, 3.63) is 29.3 Å². The number of nitrogens with two attached hydrogens (primary N) is 1. The lowest BCUT2D eigenvalue weighted by Gasteiger charge is -2.21. The molecule has 1 aromatic rings. The van der Waals surface area contributed by atoms with Gasteiger partial charge in [0.15, 0.2) is 0 Å². The van der Waals surface area contributed by atoms with Crippen LogP contribution in [0.4, 0.5) is 5.69 Å². The number of aliphatic hydroxyl groups is 1. The molecule has 2 rings (SSSR count). The minimum absolute atomic E-state index is 0.201. The van der Waals surface area contributed by atoms with Crippen molar-refractivity contribution in [2.75, 3.05) is 12.3 Å². The second kappa shape index (κ2) is 11.9. The number of unbranched alkanes of at least 4 members (excludes halogenated alkanes) is 2. The van der Waals surface area contributed by atoms with Gasteiger partial charge in [0.2, 0.25) is 0 Å². The summed E-state index contributed by atoms with van der Waals surface area (Å²) in [6.45, 7) is 4.23. The maximum atomic E-state index is 11.8. The summed E-state index contributed by atoms with van der Waals surface area (Å²) in [6, 6.07) is 4.80. The Morgan fingerprint density at radius 1 is 1.27 bits per heavy atom. The molecule has 7 nitrogen and oxygen atoms in total. The number of anilines is 1. The summed E-state index contributed by atoms with van der Waals surface area (Å²) in [5.41, 5.74) is 7.27. The van der Waals surface area contributed by atoms with Crippen LogP contribution in [0.15, 0.2) is 18.2 Å². The van der Waals surface area contributed by atoms with Crippen molar-refractivity contribution in [2.45, 2.75) is 89.4 Å². The van der Waals surface area contributed by atoms with E-state index in [9.17, 15) is 19.8 Å². The lowest BCUT2D eigenvalue weighted by Crippen LogP contribution is -2.26. The first kappa shape index (κ1) is 24.2. The Morgan fingerprint density at radius 2 is 2.03 bits per heavy atom. The predicted octanol–water partition coefficient (Wildman–Crippen LogP) is 3.88. The monoisotopic (exact) mass is 421 g/mol. The summed E-state index contributed by atoms with van der Waals surface area (Å²) in [6.07, 6.45) is 4.43. The highest BCUT2D eigenvalue weighted by Gasteiger charge is 2.40. The van der Waals surface area contributed by atoms with E-state index < -0.39 is 12.1 Å². The lowest BCUT2D eigenvalue weighted by atomic mass is 9.84. The first-order valence-corrected chi connectivity index (χ1v) is 11.0. The first-order chi connectivity index (χ1) is 14.4. The molecule has 0 spiro atoms. The maximum Gasteiger partial charge on any atom is 0.335 e. The maximum absolute atomic E-state index is 11.8. The van der Waals surface area contributed by atoms with Crippen LogP contribution in [0.2, 0.25) is 0 Å². The Labute approximate surface area is 178 Å². The van der Waals surface area contributed by atoms with Crippen molar-refractivity contribution in [2.24, 2.45) is 0 Å². The highest BCUT2D eigenvalue weighted by Crippen LogP contribution is 2.41. The van der Waals surface area contributed by atoms with Gasteiger partial charge in [0.05, 0.1) is 30.5 Å². The molecule has 4 atom stereocenters. The van der Waals surface area contributed by atoms with Gasteiger partial charge in [-0.2, -0.15) is 0 Å². The number of carbonyl (C=O) groups is 2. The van der Waals surface area contributed by atoms with Crippen LogP contribution in [0.25, 0.3) is 0 Å². The fourth-order valence-electron chi connectivity index (χ4n) is 4.17. The zero-order valence-corrected chi connectivity index (χ0v) is 18.0. The van der Waals surface area contributed by atoms with Crippen molar-refractivity contribution in [3.63, 3.8) is 0 Å². The highest BCUT2D eigenvalue weighted by atomic mass is 16.5. The second-order valence-electron chi connectivity index (χ2n) is 7.97. The minimum atomic E-state index is -1.01. The van der Waals surface area contributed by atoms with E-state index in [4.69, 9.17) is 15.2 Å². The van der Waals surface area contributed by atoms with Crippen LogP contribution in [0.3, 0.4) is 0 Å². The average molecular weight is 422 g/mol. The number of carboxylic acids is 1. The quantitative estimate of drug-likeness (QED) is 0.266. The van der Waals surface area contributed by atoms with E-state index in [1.54, 1.807) is 19.1 Å². The van der Waals surface area contributed by atoms with Crippen LogP contribution in [0.5, 0.6) is 0 Å². The van der Waals surface area contributed by atoms with Crippen LogP contribution in [-0.2, 0) is 14.3 Å². The summed E-state index contributed by atoms with van der Waals surface area (Å²) in [5, 5.41) is 20.3. The molecule has 1 saturated heterocycles. The lowest BCUT2D eigenvalue weighted by molar-refractivity contribution is -0.143. The molecule has 0 aliphatic carbocycles. The number of aliphatic hydroxyl groups excluding tert-OH is 1. The third-order valence-corrected chi connectivity index (χ3v) is 5.70. The van der Waals surface area contributed by atoms with Gasteiger partial charge in [0, 0.05) is 18.0 Å². The number of rotatable bonds is 12. The van der Waals surface area contributed by atoms with Crippen LogP contribution in [-0.4, -0.2) is 47.1 Å². The van der Waals surface area contributed by atoms with E-state index in [1.165, 1.54) is 6.07 Å². The fourth-order valence-corrected chi connectivity index (χ4v) is 4.17. The molecule has 4 N–H and O–H groups in total. The Hall–Kier alpha value is -2.12. The molecule has 1 heterocycles. The van der Waals surface area contributed by atoms with Crippen molar-refractivity contribution >= 4 is 17.6 Å². The molecule has 0 bridgehead atoms. The average Bonchev–Trinajstić information content (AvgIpc) is 3.12. The summed E-state index contributed by atoms with van der Waals surface area (Å²) in [5.74, 6) is -1.46. The zero-order valence-electron chi connectivity index (χ0n) is 18.0. The van der Waals surface area contributed by atoms with Gasteiger partial charge in [-0.15, -0.1) is 0 Å². The molecule has 7 heteroatoms. The molecular weight excluding hydrogens is 386 g/mol. The molecule has 0 radical (unpaired) electrons. The third-order valence-electron chi connectivity index (χ3n) is 5.70. The molecule has 1 aromatic carbocycles. The van der Waals surface area contributed by atoms with Crippen molar-refractivity contribution < 1.29 is 29.3 Å². The number of carboxylic acid groups (broad SMARTS) is 1. The van der Waals surface area contributed by atoms with Gasteiger partial charge in [-0.3, -0.25) is 4.79 Å². The number of carbonyl (C=O) groups excluding carboxylic acids is 1. The molecule has 1 aliphatic rings. The molecular formula is C23H35NO6. The Kier molecular flexibility index (Phi) is 9.59. The summed E-state index contributed by atoms with van der Waals surface area (Å²) in [4.78, 5) is 23.4. The standard InChI is InChI=1S/C23H35NO6/c1-3-5-6-8-19(25)21-14-18(17-13-15(24)11-12-16(17)23(27)28)20(30-21)9-7-10-22(26)29-4-2/h11-13,18-21,25H,3-10,14,24H2,1-2H3,(H,27,28)/t18-,19+,20+,21+/m0/s1. The number of ether oxygens (including phenoxy) is 2. The zero-order chi connectivity index (χ0) is 22.1. The van der Waals surface area contributed by atoms with Gasteiger partial charge in [-0.05, 0) is 56.4 Å². The van der Waals surface area contributed by atoms with E-state index in [0.717, 1.165) is 19.3 Å². The Morgan fingerprint density at radius 3 is 2.70 bits per heavy atom. The fraction of sp³-hybridized carbons (Fsp3) is 0.652. The molecule has 0 amide bonds. The van der Waals surface area contributed by atoms with Crippen LogP contribution < -0.4 is 5.73 Å². The van der Waals surface area contributed by atoms with Gasteiger partial charge in [0.25, 0.3) is 0 Å². The molecule has 0 saturated carbocycles. The molecule has 0 unspecified atom stereocenters. The molecule has 168 valence electrons. The second-order valence-corrected chi connectivity index (χ2v) is 7.97.